The van der Waals surface area contributed by atoms with Crippen LogP contribution in [0.1, 0.15) is 76.1 Å². The molecule has 0 bridgehead atoms. The van der Waals surface area contributed by atoms with Crippen molar-refractivity contribution in [2.24, 2.45) is 11.3 Å². The fourth-order valence-electron chi connectivity index (χ4n) is 7.20. The Balaban J connectivity index is 1.18. The molecule has 44 heavy (non-hydrogen) atoms. The van der Waals surface area contributed by atoms with E-state index in [1.165, 1.54) is 30.8 Å². The van der Waals surface area contributed by atoms with Crippen LogP contribution < -0.4 is 14.4 Å². The minimum absolute atomic E-state index is 0.0522. The zero-order chi connectivity index (χ0) is 31.5. The van der Waals surface area contributed by atoms with E-state index in [4.69, 9.17) is 4.74 Å². The topological polar surface area (TPSA) is 121 Å². The summed E-state index contributed by atoms with van der Waals surface area (Å²) in [6.45, 7) is 11.0. The molecular weight excluding hydrogens is 585 g/mol. The van der Waals surface area contributed by atoms with Gasteiger partial charge < -0.3 is 19.4 Å². The van der Waals surface area contributed by atoms with Crippen molar-refractivity contribution < 1.29 is 22.3 Å². The fraction of sp³-hybridized carbons (Fsp3) is 0.677. The van der Waals surface area contributed by atoms with Crippen LogP contribution in [-0.2, 0) is 10.0 Å². The summed E-state index contributed by atoms with van der Waals surface area (Å²) in [5.74, 6) is 0.631. The summed E-state index contributed by atoms with van der Waals surface area (Å²) < 4.78 is 46.4. The maximum absolute atomic E-state index is 14.2. The molecule has 2 saturated heterocycles. The lowest BCUT2D eigenvalue weighted by atomic mass is 9.67. The number of nitrogens with zero attached hydrogens (tertiary/aromatic N) is 6. The Kier molecular flexibility index (Phi) is 10.1. The number of carbonyl (C=O) groups excluding carboxylic acids is 1. The summed E-state index contributed by atoms with van der Waals surface area (Å²) in [7, 11) is -3.16. The van der Waals surface area contributed by atoms with Crippen molar-refractivity contribution >= 4 is 21.7 Å². The highest BCUT2D eigenvalue weighted by Gasteiger charge is 2.39. The number of benzene rings is 1. The van der Waals surface area contributed by atoms with Gasteiger partial charge in [0.2, 0.25) is 10.0 Å². The highest BCUT2D eigenvalue weighted by Crippen LogP contribution is 2.45. The van der Waals surface area contributed by atoms with Gasteiger partial charge >= 0.3 is 0 Å². The third-order valence-electron chi connectivity index (χ3n) is 9.62. The molecule has 1 saturated carbocycles. The molecule has 3 aliphatic rings. The van der Waals surface area contributed by atoms with Crippen LogP contribution in [-0.4, -0.2) is 96.9 Å². The van der Waals surface area contributed by atoms with Crippen molar-refractivity contribution in [1.29, 1.82) is 0 Å². The van der Waals surface area contributed by atoms with E-state index in [1.807, 2.05) is 20.8 Å². The van der Waals surface area contributed by atoms with Gasteiger partial charge in [-0.05, 0) is 108 Å². The molecular formula is C31H46FN7O4S. The lowest BCUT2D eigenvalue weighted by Crippen LogP contribution is -2.46. The maximum atomic E-state index is 14.2. The Morgan fingerprint density at radius 2 is 1.89 bits per heavy atom. The molecule has 11 nitrogen and oxygen atoms in total. The van der Waals surface area contributed by atoms with E-state index in [-0.39, 0.29) is 35.2 Å². The molecule has 2 aliphatic heterocycles. The van der Waals surface area contributed by atoms with Gasteiger partial charge in [-0.3, -0.25) is 4.79 Å². The average Bonchev–Trinajstić information content (AvgIpc) is 3.44. The first kappa shape index (κ1) is 32.5. The molecule has 1 spiro atoms. The molecule has 1 amide bonds. The molecule has 0 radical (unpaired) electrons. The van der Waals surface area contributed by atoms with Gasteiger partial charge in [0.15, 0.2) is 5.82 Å². The largest absolute Gasteiger partial charge is 0.434 e. The Hall–Kier alpha value is -2.90. The quantitative estimate of drug-likeness (QED) is 0.414. The van der Waals surface area contributed by atoms with Crippen LogP contribution in [0.25, 0.3) is 0 Å². The number of hydrogen-bond acceptors (Lipinski definition) is 9. The predicted molar refractivity (Wildman–Crippen MR) is 167 cm³/mol. The van der Waals surface area contributed by atoms with Crippen molar-refractivity contribution in [2.75, 3.05) is 50.4 Å². The van der Waals surface area contributed by atoms with Crippen molar-refractivity contribution in [1.82, 2.24) is 29.7 Å². The fourth-order valence-corrected chi connectivity index (χ4v) is 8.04. The molecule has 1 aliphatic carbocycles. The number of hydrogen-bond donors (Lipinski definition) is 1. The number of halogens is 1. The van der Waals surface area contributed by atoms with Crippen LogP contribution in [0.4, 0.5) is 10.2 Å². The van der Waals surface area contributed by atoms with Gasteiger partial charge in [-0.1, -0.05) is 0 Å². The first-order valence-electron chi connectivity index (χ1n) is 15.9. The zero-order valence-electron chi connectivity index (χ0n) is 26.3. The van der Waals surface area contributed by atoms with Crippen LogP contribution in [0.5, 0.6) is 11.6 Å². The van der Waals surface area contributed by atoms with Crippen molar-refractivity contribution in [3.05, 3.63) is 35.9 Å². The Morgan fingerprint density at radius 3 is 2.55 bits per heavy atom. The third kappa shape index (κ3) is 7.84. The van der Waals surface area contributed by atoms with Gasteiger partial charge in [-0.25, -0.2) is 22.5 Å². The van der Waals surface area contributed by atoms with Crippen molar-refractivity contribution in [2.45, 2.75) is 77.8 Å². The second-order valence-electron chi connectivity index (χ2n) is 13.1. The van der Waals surface area contributed by atoms with Crippen molar-refractivity contribution in [3.8, 4) is 11.6 Å². The summed E-state index contributed by atoms with van der Waals surface area (Å²) in [6, 6.07) is 3.96. The monoisotopic (exact) mass is 631 g/mol. The van der Waals surface area contributed by atoms with Gasteiger partial charge in [0.1, 0.15) is 17.9 Å². The van der Waals surface area contributed by atoms with E-state index in [2.05, 4.69) is 29.7 Å². The third-order valence-corrected chi connectivity index (χ3v) is 10.4. The summed E-state index contributed by atoms with van der Waals surface area (Å²) in [6.07, 6.45) is 10.00. The first-order valence-corrected chi connectivity index (χ1v) is 17.7. The molecule has 13 heteroatoms. The number of rotatable bonds is 10. The SMILES string of the molecule is CCN(C(=O)c1cc(F)ccc1Oc1nncnc1N1CC[C@@H](CN2CCC3(CCC(NS(C)(=O)=O)CC3)CC2)C1)C(C)C. The molecule has 1 aromatic carbocycles. The van der Waals surface area contributed by atoms with Crippen LogP contribution in [0.3, 0.4) is 0 Å². The second-order valence-corrected chi connectivity index (χ2v) is 14.9. The smallest absolute Gasteiger partial charge is 0.282 e. The van der Waals surface area contributed by atoms with Crippen LogP contribution in [0.15, 0.2) is 24.5 Å². The Morgan fingerprint density at radius 1 is 1.16 bits per heavy atom. The number of sulfonamides is 1. The molecule has 1 aromatic heterocycles. The Bertz CT molecular complexity index is 1410. The highest BCUT2D eigenvalue weighted by atomic mass is 32.2. The molecule has 1 N–H and O–H groups in total. The minimum Gasteiger partial charge on any atom is -0.434 e. The first-order chi connectivity index (χ1) is 20.9. The van der Waals surface area contributed by atoms with Crippen LogP contribution in [0, 0.1) is 17.2 Å². The number of likely N-dealkylation sites (tertiary alicyclic amines) is 1. The van der Waals surface area contributed by atoms with E-state index < -0.39 is 15.8 Å². The van der Waals surface area contributed by atoms with E-state index in [1.54, 1.807) is 4.90 Å². The number of ether oxygens (including phenoxy) is 1. The molecule has 5 rings (SSSR count). The molecule has 2 aromatic rings. The van der Waals surface area contributed by atoms with Gasteiger partial charge in [-0.2, -0.15) is 0 Å². The summed E-state index contributed by atoms with van der Waals surface area (Å²) in [5.41, 5.74) is 0.482. The summed E-state index contributed by atoms with van der Waals surface area (Å²) in [5, 5.41) is 8.15. The Labute approximate surface area is 260 Å². The molecule has 0 unspecified atom stereocenters. The van der Waals surface area contributed by atoms with E-state index >= 15 is 0 Å². The van der Waals surface area contributed by atoms with Crippen molar-refractivity contribution in [3.63, 3.8) is 0 Å². The summed E-state index contributed by atoms with van der Waals surface area (Å²) >= 11 is 0. The molecule has 1 atom stereocenters. The second kappa shape index (κ2) is 13.6. The number of piperidine rings is 1. The zero-order valence-corrected chi connectivity index (χ0v) is 27.2. The van der Waals surface area contributed by atoms with Gasteiger partial charge in [-0.15, -0.1) is 10.2 Å². The number of amides is 1. The molecule has 242 valence electrons. The van der Waals surface area contributed by atoms with Gasteiger partial charge in [0, 0.05) is 38.3 Å². The van der Waals surface area contributed by atoms with Gasteiger partial charge in [0.25, 0.3) is 11.8 Å². The maximum Gasteiger partial charge on any atom is 0.282 e. The predicted octanol–water partition coefficient (Wildman–Crippen LogP) is 4.07. The number of carbonyl (C=O) groups is 1. The number of anilines is 1. The normalized spacial score (nSPS) is 21.2. The molecule has 3 fully saturated rings. The van der Waals surface area contributed by atoms with E-state index in [9.17, 15) is 17.6 Å². The standard InChI is InChI=1S/C31H46FN7O4S/c1-5-39(22(2)3)30(40)26-18-24(32)6-7-27(26)43-29-28(33-21-34-35-29)38-15-10-23(20-38)19-37-16-13-31(14-17-37)11-8-25(9-12-31)36-44(4,41)42/h6-7,18,21-23,25,36H,5,8-17,19-20H2,1-4H3/t23-/m0/s1. The average molecular weight is 632 g/mol. The summed E-state index contributed by atoms with van der Waals surface area (Å²) in [4.78, 5) is 24.2. The minimum atomic E-state index is -3.16. The van der Waals surface area contributed by atoms with Crippen LogP contribution in [0.2, 0.25) is 0 Å². The van der Waals surface area contributed by atoms with E-state index in [0.717, 1.165) is 77.7 Å². The van der Waals surface area contributed by atoms with Gasteiger partial charge in [0.05, 0.1) is 11.8 Å². The number of aromatic nitrogens is 3. The highest BCUT2D eigenvalue weighted by molar-refractivity contribution is 7.88. The number of nitrogens with one attached hydrogen (secondary N) is 1. The lowest BCUT2D eigenvalue weighted by molar-refractivity contribution is 0.0551. The van der Waals surface area contributed by atoms with E-state index in [0.29, 0.717) is 23.7 Å². The lowest BCUT2D eigenvalue weighted by Gasteiger charge is -2.46. The van der Waals surface area contributed by atoms with Crippen LogP contribution >= 0.6 is 0 Å². The molecule has 3 heterocycles.